The number of nitrogens with zero attached hydrogens (tertiary/aromatic N) is 1. The summed E-state index contributed by atoms with van der Waals surface area (Å²) in [5, 5.41) is 5.58. The van der Waals surface area contributed by atoms with Crippen LogP contribution in [0.2, 0.25) is 0 Å². The van der Waals surface area contributed by atoms with Gasteiger partial charge in [0.25, 0.3) is 0 Å². The standard InChI is InChI=1S/C14H23BrN2OS/c1-3-16-7-12-4-5-13(18-12)9-17(2)8-11-6-14(15)19-10-11/h6,10,12-13,16H,3-5,7-9H2,1-2H3. The molecule has 0 bridgehead atoms. The lowest BCUT2D eigenvalue weighted by Crippen LogP contribution is -2.31. The Hall–Kier alpha value is 0.0600. The van der Waals surface area contributed by atoms with Gasteiger partial charge in [-0.3, -0.25) is 4.90 Å². The van der Waals surface area contributed by atoms with Crippen LogP contribution >= 0.6 is 27.3 Å². The Kier molecular flexibility index (Phi) is 6.29. The van der Waals surface area contributed by atoms with Gasteiger partial charge in [0.2, 0.25) is 0 Å². The molecule has 3 nitrogen and oxygen atoms in total. The molecule has 0 aliphatic carbocycles. The van der Waals surface area contributed by atoms with Crippen LogP contribution in [-0.4, -0.2) is 43.8 Å². The third kappa shape index (κ3) is 5.16. The maximum absolute atomic E-state index is 6.07. The fraction of sp³-hybridized carbons (Fsp3) is 0.714. The van der Waals surface area contributed by atoms with Crippen LogP contribution in [0.25, 0.3) is 0 Å². The zero-order valence-corrected chi connectivity index (χ0v) is 14.1. The molecule has 5 heteroatoms. The highest BCUT2D eigenvalue weighted by Crippen LogP contribution is 2.23. The molecule has 0 saturated carbocycles. The van der Waals surface area contributed by atoms with E-state index in [1.54, 1.807) is 11.3 Å². The quantitative estimate of drug-likeness (QED) is 0.820. The number of halogens is 1. The summed E-state index contributed by atoms with van der Waals surface area (Å²) in [6.45, 7) is 6.18. The van der Waals surface area contributed by atoms with E-state index in [1.807, 2.05) is 0 Å². The summed E-state index contributed by atoms with van der Waals surface area (Å²) in [4.78, 5) is 2.36. The Bertz CT molecular complexity index is 385. The molecule has 0 aromatic carbocycles. The van der Waals surface area contributed by atoms with Crippen molar-refractivity contribution in [1.82, 2.24) is 10.2 Å². The molecule has 0 amide bonds. The number of likely N-dealkylation sites (N-methyl/N-ethyl adjacent to an activating group) is 2. The SMILES string of the molecule is CCNCC1CCC(CN(C)Cc2csc(Br)c2)O1. The van der Waals surface area contributed by atoms with Crippen LogP contribution in [0.15, 0.2) is 15.2 Å². The average Bonchev–Trinajstić information content (AvgIpc) is 2.96. The highest BCUT2D eigenvalue weighted by molar-refractivity contribution is 9.11. The molecule has 1 aliphatic heterocycles. The molecule has 108 valence electrons. The third-order valence-corrected chi connectivity index (χ3v) is 4.96. The lowest BCUT2D eigenvalue weighted by Gasteiger charge is -2.21. The minimum absolute atomic E-state index is 0.399. The minimum atomic E-state index is 0.399. The summed E-state index contributed by atoms with van der Waals surface area (Å²) in [6, 6.07) is 2.20. The minimum Gasteiger partial charge on any atom is -0.372 e. The summed E-state index contributed by atoms with van der Waals surface area (Å²) in [6.07, 6.45) is 3.19. The Morgan fingerprint density at radius 3 is 2.95 bits per heavy atom. The first kappa shape index (κ1) is 15.4. The van der Waals surface area contributed by atoms with Crippen molar-refractivity contribution in [2.45, 2.75) is 38.5 Å². The molecule has 0 radical (unpaired) electrons. The van der Waals surface area contributed by atoms with Crippen LogP contribution < -0.4 is 5.32 Å². The summed E-state index contributed by atoms with van der Waals surface area (Å²) < 4.78 is 7.27. The smallest absolute Gasteiger partial charge is 0.0707 e. The summed E-state index contributed by atoms with van der Waals surface area (Å²) in [5.74, 6) is 0. The molecular formula is C14H23BrN2OS. The molecule has 1 fully saturated rings. The monoisotopic (exact) mass is 346 g/mol. The largest absolute Gasteiger partial charge is 0.372 e. The van der Waals surface area contributed by atoms with Crippen molar-refractivity contribution in [2.24, 2.45) is 0 Å². The second-order valence-electron chi connectivity index (χ2n) is 5.22. The first-order valence-corrected chi connectivity index (χ1v) is 8.62. The second-order valence-corrected chi connectivity index (χ2v) is 7.51. The molecule has 1 aliphatic rings. The van der Waals surface area contributed by atoms with Gasteiger partial charge in [-0.2, -0.15) is 0 Å². The van der Waals surface area contributed by atoms with Crippen molar-refractivity contribution in [3.63, 3.8) is 0 Å². The molecular weight excluding hydrogens is 324 g/mol. The van der Waals surface area contributed by atoms with Crippen molar-refractivity contribution >= 4 is 27.3 Å². The van der Waals surface area contributed by atoms with E-state index in [4.69, 9.17) is 4.74 Å². The molecule has 2 heterocycles. The molecule has 2 rings (SSSR count). The third-order valence-electron chi connectivity index (χ3n) is 3.41. The highest BCUT2D eigenvalue weighted by Gasteiger charge is 2.25. The Morgan fingerprint density at radius 1 is 1.47 bits per heavy atom. The van der Waals surface area contributed by atoms with Crippen LogP contribution in [0.5, 0.6) is 0 Å². The number of rotatable bonds is 7. The molecule has 2 atom stereocenters. The van der Waals surface area contributed by atoms with Gasteiger partial charge in [0.1, 0.15) is 0 Å². The number of thiophene rings is 1. The van der Waals surface area contributed by atoms with Crippen LogP contribution in [0.1, 0.15) is 25.3 Å². The van der Waals surface area contributed by atoms with Crippen LogP contribution in [0.3, 0.4) is 0 Å². The summed E-state index contributed by atoms with van der Waals surface area (Å²) >= 11 is 5.26. The Balaban J connectivity index is 1.70. The maximum atomic E-state index is 6.07. The van der Waals surface area contributed by atoms with Gasteiger partial charge in [0.05, 0.1) is 16.0 Å². The van der Waals surface area contributed by atoms with Gasteiger partial charge in [-0.05, 0) is 59.4 Å². The molecule has 1 N–H and O–H groups in total. The van der Waals surface area contributed by atoms with Gasteiger partial charge < -0.3 is 10.1 Å². The lowest BCUT2D eigenvalue weighted by molar-refractivity contribution is 0.0270. The molecule has 2 unspecified atom stereocenters. The summed E-state index contributed by atoms with van der Waals surface area (Å²) in [7, 11) is 2.17. The summed E-state index contributed by atoms with van der Waals surface area (Å²) in [5.41, 5.74) is 1.38. The van der Waals surface area contributed by atoms with Gasteiger partial charge in [-0.15, -0.1) is 11.3 Å². The lowest BCUT2D eigenvalue weighted by atomic mass is 10.2. The van der Waals surface area contributed by atoms with Crippen LogP contribution in [0.4, 0.5) is 0 Å². The first-order valence-electron chi connectivity index (χ1n) is 6.95. The fourth-order valence-corrected chi connectivity index (χ4v) is 3.72. The van der Waals surface area contributed by atoms with Crippen molar-refractivity contribution in [3.8, 4) is 0 Å². The Morgan fingerprint density at radius 2 is 2.26 bits per heavy atom. The number of nitrogens with one attached hydrogen (secondary N) is 1. The van der Waals surface area contributed by atoms with E-state index in [-0.39, 0.29) is 0 Å². The predicted octanol–water partition coefficient (Wildman–Crippen LogP) is 3.10. The van der Waals surface area contributed by atoms with E-state index in [9.17, 15) is 0 Å². The normalized spacial score (nSPS) is 23.4. The van der Waals surface area contributed by atoms with Gasteiger partial charge in [0, 0.05) is 19.6 Å². The number of hydrogen-bond acceptors (Lipinski definition) is 4. The zero-order chi connectivity index (χ0) is 13.7. The van der Waals surface area contributed by atoms with Crippen molar-refractivity contribution in [1.29, 1.82) is 0 Å². The predicted molar refractivity (Wildman–Crippen MR) is 84.8 cm³/mol. The van der Waals surface area contributed by atoms with Crippen molar-refractivity contribution in [2.75, 3.05) is 26.7 Å². The molecule has 1 aromatic heterocycles. The van der Waals surface area contributed by atoms with E-state index in [0.717, 1.165) is 26.2 Å². The van der Waals surface area contributed by atoms with E-state index in [1.165, 1.54) is 22.2 Å². The van der Waals surface area contributed by atoms with Gasteiger partial charge in [-0.25, -0.2) is 0 Å². The van der Waals surface area contributed by atoms with Gasteiger partial charge >= 0.3 is 0 Å². The van der Waals surface area contributed by atoms with Crippen LogP contribution in [-0.2, 0) is 11.3 Å². The zero-order valence-electron chi connectivity index (χ0n) is 11.7. The van der Waals surface area contributed by atoms with E-state index in [2.05, 4.69) is 51.6 Å². The second kappa shape index (κ2) is 7.74. The molecule has 0 spiro atoms. The molecule has 19 heavy (non-hydrogen) atoms. The average molecular weight is 347 g/mol. The van der Waals surface area contributed by atoms with Crippen LogP contribution in [0, 0.1) is 0 Å². The first-order chi connectivity index (χ1) is 9.17. The highest BCUT2D eigenvalue weighted by atomic mass is 79.9. The van der Waals surface area contributed by atoms with E-state index < -0.39 is 0 Å². The maximum Gasteiger partial charge on any atom is 0.0707 e. The molecule has 1 aromatic rings. The van der Waals surface area contributed by atoms with Gasteiger partial charge in [0.15, 0.2) is 0 Å². The van der Waals surface area contributed by atoms with E-state index in [0.29, 0.717) is 12.2 Å². The molecule has 1 saturated heterocycles. The number of ether oxygens (including phenoxy) is 1. The fourth-order valence-electron chi connectivity index (χ4n) is 2.52. The van der Waals surface area contributed by atoms with Gasteiger partial charge in [-0.1, -0.05) is 6.92 Å². The number of hydrogen-bond donors (Lipinski definition) is 1. The van der Waals surface area contributed by atoms with Crippen molar-refractivity contribution < 1.29 is 4.74 Å². The topological polar surface area (TPSA) is 24.5 Å². The van der Waals surface area contributed by atoms with Crippen molar-refractivity contribution in [3.05, 3.63) is 20.8 Å². The van der Waals surface area contributed by atoms with E-state index >= 15 is 0 Å². The Labute approximate surface area is 128 Å².